The number of hydrogen-bond donors (Lipinski definition) is 5. The fraction of sp³-hybridized carbons (Fsp3) is 0.267. The van der Waals surface area contributed by atoms with Gasteiger partial charge in [0.25, 0.3) is 5.56 Å². The van der Waals surface area contributed by atoms with Gasteiger partial charge in [-0.1, -0.05) is 31.2 Å². The van der Waals surface area contributed by atoms with Gasteiger partial charge in [0.1, 0.15) is 0 Å². The Morgan fingerprint density at radius 3 is 2.49 bits per heavy atom. The van der Waals surface area contributed by atoms with Crippen molar-refractivity contribution in [2.45, 2.75) is 37.2 Å². The van der Waals surface area contributed by atoms with Crippen molar-refractivity contribution in [1.82, 2.24) is 15.3 Å². The lowest BCUT2D eigenvalue weighted by atomic mass is 10.0. The number of aliphatic carboxylic acids is 1. The summed E-state index contributed by atoms with van der Waals surface area (Å²) < 4.78 is 30.5. The van der Waals surface area contributed by atoms with Gasteiger partial charge in [0.15, 0.2) is 15.9 Å². The first-order chi connectivity index (χ1) is 20.6. The number of fused-ring (bicyclic) bond motifs is 1. The van der Waals surface area contributed by atoms with E-state index in [-0.39, 0.29) is 22.8 Å². The molecule has 0 radical (unpaired) electrons. The van der Waals surface area contributed by atoms with Crippen molar-refractivity contribution in [2.24, 2.45) is 0 Å². The molecule has 1 unspecified atom stereocenters. The highest BCUT2D eigenvalue weighted by Crippen LogP contribution is 2.24. The number of carboxylic acids is 1. The van der Waals surface area contributed by atoms with E-state index in [4.69, 9.17) is 4.74 Å². The number of amides is 1. The SMILES string of the molecule is CCCS(=O)(=O)c1ccc(NC(=O)OCCc2ccc(C(Nc3ccc4nc[nH]c(=O)c4c3)C(=O)O)cc2)cc1CNC. The maximum Gasteiger partial charge on any atom is 0.411 e. The predicted octanol–water partition coefficient (Wildman–Crippen LogP) is 3.86. The molecule has 3 aromatic carbocycles. The molecule has 0 saturated heterocycles. The maximum atomic E-state index is 12.6. The van der Waals surface area contributed by atoms with Gasteiger partial charge in [-0.05, 0) is 66.6 Å². The molecule has 1 atom stereocenters. The van der Waals surface area contributed by atoms with Gasteiger partial charge in [-0.3, -0.25) is 10.1 Å². The molecule has 0 spiro atoms. The second-order valence-electron chi connectivity index (χ2n) is 9.80. The van der Waals surface area contributed by atoms with Crippen molar-refractivity contribution in [2.75, 3.05) is 30.0 Å². The Labute approximate surface area is 248 Å². The molecule has 1 heterocycles. The summed E-state index contributed by atoms with van der Waals surface area (Å²) in [6, 6.07) is 15.3. The molecule has 43 heavy (non-hydrogen) atoms. The van der Waals surface area contributed by atoms with Crippen LogP contribution < -0.4 is 21.5 Å². The molecule has 0 saturated carbocycles. The average molecular weight is 608 g/mol. The molecule has 1 amide bonds. The fourth-order valence-corrected chi connectivity index (χ4v) is 6.14. The second-order valence-corrected chi connectivity index (χ2v) is 11.9. The highest BCUT2D eigenvalue weighted by atomic mass is 32.2. The molecular formula is C30H33N5O7S. The number of aromatic amines is 1. The molecule has 1 aromatic heterocycles. The summed E-state index contributed by atoms with van der Waals surface area (Å²) in [4.78, 5) is 43.3. The average Bonchev–Trinajstić information content (AvgIpc) is 2.97. The molecule has 0 fully saturated rings. The number of nitrogens with zero attached hydrogens (tertiary/aromatic N) is 1. The van der Waals surface area contributed by atoms with E-state index >= 15 is 0 Å². The Morgan fingerprint density at radius 1 is 1.05 bits per heavy atom. The standard InChI is InChI=1S/C30H33N5O7S/c1-3-14-43(40,41)26-11-9-22(15-21(26)17-31-2)35-30(39)42-13-12-19-4-6-20(7-5-19)27(29(37)38)34-23-8-10-25-24(16-23)28(36)33-18-32-25/h4-11,15-16,18,27,31,34H,3,12-14,17H2,1-2H3,(H,35,39)(H,37,38)(H,32,33,36). The zero-order valence-electron chi connectivity index (χ0n) is 23.7. The number of rotatable bonds is 13. The minimum Gasteiger partial charge on any atom is -0.479 e. The zero-order chi connectivity index (χ0) is 31.0. The van der Waals surface area contributed by atoms with Crippen molar-refractivity contribution in [3.05, 3.63) is 94.0 Å². The van der Waals surface area contributed by atoms with Crippen LogP contribution in [0.25, 0.3) is 10.9 Å². The number of hydrogen-bond acceptors (Lipinski definition) is 9. The summed E-state index contributed by atoms with van der Waals surface area (Å²) in [6.45, 7) is 2.19. The lowest BCUT2D eigenvalue weighted by Crippen LogP contribution is -2.20. The Hall–Kier alpha value is -4.75. The third kappa shape index (κ3) is 7.96. The smallest absolute Gasteiger partial charge is 0.411 e. The Balaban J connectivity index is 1.34. The minimum atomic E-state index is -3.43. The quantitative estimate of drug-likeness (QED) is 0.150. The van der Waals surface area contributed by atoms with E-state index < -0.39 is 27.9 Å². The first kappa shape index (κ1) is 31.2. The van der Waals surface area contributed by atoms with E-state index in [1.54, 1.807) is 62.5 Å². The molecule has 13 heteroatoms. The normalized spacial score (nSPS) is 12.0. The van der Waals surface area contributed by atoms with Gasteiger partial charge in [-0.2, -0.15) is 0 Å². The van der Waals surface area contributed by atoms with Crippen molar-refractivity contribution in [3.63, 3.8) is 0 Å². The number of aromatic nitrogens is 2. The van der Waals surface area contributed by atoms with Crippen molar-refractivity contribution in [3.8, 4) is 0 Å². The summed E-state index contributed by atoms with van der Waals surface area (Å²) in [5.41, 5.74) is 2.91. The van der Waals surface area contributed by atoms with Gasteiger partial charge < -0.3 is 25.5 Å². The summed E-state index contributed by atoms with van der Waals surface area (Å²) in [7, 11) is -1.72. The van der Waals surface area contributed by atoms with Gasteiger partial charge in [0, 0.05) is 24.3 Å². The van der Waals surface area contributed by atoms with Crippen LogP contribution in [-0.4, -0.2) is 55.0 Å². The molecule has 4 rings (SSSR count). The van der Waals surface area contributed by atoms with E-state index in [1.165, 1.54) is 18.5 Å². The molecule has 0 aliphatic rings. The van der Waals surface area contributed by atoms with Crippen LogP contribution in [0.15, 0.2) is 76.7 Å². The minimum absolute atomic E-state index is 0.0393. The highest BCUT2D eigenvalue weighted by Gasteiger charge is 2.21. The monoisotopic (exact) mass is 607 g/mol. The first-order valence-electron chi connectivity index (χ1n) is 13.6. The largest absolute Gasteiger partial charge is 0.479 e. The lowest BCUT2D eigenvalue weighted by molar-refractivity contribution is -0.138. The summed E-state index contributed by atoms with van der Waals surface area (Å²) in [5, 5.41) is 18.7. The lowest BCUT2D eigenvalue weighted by Gasteiger charge is -2.17. The van der Waals surface area contributed by atoms with Gasteiger partial charge >= 0.3 is 12.1 Å². The number of benzene rings is 3. The van der Waals surface area contributed by atoms with Crippen LogP contribution >= 0.6 is 0 Å². The van der Waals surface area contributed by atoms with Gasteiger partial charge in [0.05, 0.1) is 34.5 Å². The number of H-pyrrole nitrogens is 1. The Kier molecular flexibility index (Phi) is 10.1. The van der Waals surface area contributed by atoms with Gasteiger partial charge in [0.2, 0.25) is 0 Å². The molecule has 0 bridgehead atoms. The van der Waals surface area contributed by atoms with Crippen molar-refractivity contribution < 1.29 is 27.9 Å². The van der Waals surface area contributed by atoms with Gasteiger partial charge in [-0.15, -0.1) is 0 Å². The summed E-state index contributed by atoms with van der Waals surface area (Å²) in [6.07, 6.45) is 1.51. The summed E-state index contributed by atoms with van der Waals surface area (Å²) >= 11 is 0. The summed E-state index contributed by atoms with van der Waals surface area (Å²) in [5.74, 6) is -1.06. The molecule has 0 aliphatic heterocycles. The van der Waals surface area contributed by atoms with Crippen LogP contribution in [0.5, 0.6) is 0 Å². The van der Waals surface area contributed by atoms with E-state index in [1.807, 2.05) is 0 Å². The topological polar surface area (TPSA) is 180 Å². The van der Waals surface area contributed by atoms with Gasteiger partial charge in [-0.25, -0.2) is 23.0 Å². The number of nitrogens with one attached hydrogen (secondary N) is 4. The number of anilines is 2. The van der Waals surface area contributed by atoms with Crippen LogP contribution in [-0.2, 0) is 32.3 Å². The molecule has 226 valence electrons. The fourth-order valence-electron chi connectivity index (χ4n) is 4.57. The molecular weight excluding hydrogens is 574 g/mol. The third-order valence-electron chi connectivity index (χ3n) is 6.62. The van der Waals surface area contributed by atoms with Crippen molar-refractivity contribution >= 4 is 44.2 Å². The van der Waals surface area contributed by atoms with E-state index in [0.29, 0.717) is 52.8 Å². The number of carbonyl (C=O) groups excluding carboxylic acids is 1. The molecule has 0 aliphatic carbocycles. The molecule has 12 nitrogen and oxygen atoms in total. The Bertz CT molecular complexity index is 1770. The van der Waals surface area contributed by atoms with Crippen LogP contribution in [0, 0.1) is 0 Å². The number of ether oxygens (including phenoxy) is 1. The molecule has 4 aromatic rings. The predicted molar refractivity (Wildman–Crippen MR) is 163 cm³/mol. The Morgan fingerprint density at radius 2 is 1.79 bits per heavy atom. The van der Waals surface area contributed by atoms with E-state index in [9.17, 15) is 27.9 Å². The van der Waals surface area contributed by atoms with Crippen LogP contribution in [0.2, 0.25) is 0 Å². The second kappa shape index (κ2) is 13.9. The number of carbonyl (C=O) groups is 2. The zero-order valence-corrected chi connectivity index (χ0v) is 24.5. The first-order valence-corrected chi connectivity index (χ1v) is 15.3. The van der Waals surface area contributed by atoms with Crippen LogP contribution in [0.4, 0.5) is 16.2 Å². The number of sulfone groups is 1. The van der Waals surface area contributed by atoms with Crippen LogP contribution in [0.1, 0.15) is 36.1 Å². The number of carboxylic acid groups (broad SMARTS) is 1. The highest BCUT2D eigenvalue weighted by molar-refractivity contribution is 7.91. The van der Waals surface area contributed by atoms with Crippen molar-refractivity contribution in [1.29, 1.82) is 0 Å². The third-order valence-corrected chi connectivity index (χ3v) is 8.63. The van der Waals surface area contributed by atoms with E-state index in [2.05, 4.69) is 25.9 Å². The van der Waals surface area contributed by atoms with Crippen LogP contribution in [0.3, 0.4) is 0 Å². The molecule has 5 N–H and O–H groups in total. The maximum absolute atomic E-state index is 12.6. The van der Waals surface area contributed by atoms with E-state index in [0.717, 1.165) is 5.56 Å².